The molecule has 0 radical (unpaired) electrons. The molecule has 2 N–H and O–H groups in total. The van der Waals surface area contributed by atoms with Crippen LogP contribution < -0.4 is 0 Å². The molecule has 0 heterocycles. The van der Waals surface area contributed by atoms with Crippen molar-refractivity contribution in [3.8, 4) is 0 Å². The van der Waals surface area contributed by atoms with Gasteiger partial charge in [-0.25, -0.2) is 0 Å². The summed E-state index contributed by atoms with van der Waals surface area (Å²) in [5, 5.41) is 18.7. The topological polar surface area (TPSA) is 40.5 Å². The van der Waals surface area contributed by atoms with E-state index in [2.05, 4.69) is 0 Å². The van der Waals surface area contributed by atoms with E-state index in [0.717, 1.165) is 6.42 Å². The first-order valence-corrected chi connectivity index (χ1v) is 9.12. The minimum absolute atomic E-state index is 0.0729. The Morgan fingerprint density at radius 3 is 1.35 bits per heavy atom. The smallest absolute Gasteiger partial charge is 0.0773 e. The lowest BCUT2D eigenvalue weighted by Gasteiger charge is -2.19. The first-order chi connectivity index (χ1) is 9.83. The fraction of sp³-hybridized carbons (Fsp3) is 1.00. The fourth-order valence-electron chi connectivity index (χ4n) is 3.47. The molecule has 0 aromatic carbocycles. The predicted octanol–water partition coefficient (Wildman–Crippen LogP) is 4.82. The van der Waals surface area contributed by atoms with E-state index in [1.54, 1.807) is 0 Å². The van der Waals surface area contributed by atoms with E-state index >= 15 is 0 Å². The third kappa shape index (κ3) is 9.77. The molecule has 0 spiro atoms. The molecule has 1 atom stereocenters. The van der Waals surface area contributed by atoms with Gasteiger partial charge in [0, 0.05) is 0 Å². The highest BCUT2D eigenvalue weighted by atomic mass is 16.3. The van der Waals surface area contributed by atoms with Gasteiger partial charge in [-0.3, -0.25) is 0 Å². The Morgan fingerprint density at radius 1 is 0.650 bits per heavy atom. The third-order valence-electron chi connectivity index (χ3n) is 4.79. The van der Waals surface area contributed by atoms with Gasteiger partial charge in [0.25, 0.3) is 0 Å². The first-order valence-electron chi connectivity index (χ1n) is 9.12. The number of hydrogen-bond acceptors (Lipinski definition) is 2. The Bertz CT molecular complexity index is 190. The summed E-state index contributed by atoms with van der Waals surface area (Å²) in [6, 6.07) is 0. The van der Waals surface area contributed by atoms with E-state index < -0.39 is 6.10 Å². The standard InChI is InChI=1S/C18H36O2/c19-16-18(20)15-17-13-11-9-7-5-3-1-2-4-6-8-10-12-14-17/h17-20H,1-16H2. The fourth-order valence-corrected chi connectivity index (χ4v) is 3.47. The van der Waals surface area contributed by atoms with E-state index in [0.29, 0.717) is 5.92 Å². The lowest BCUT2D eigenvalue weighted by Crippen LogP contribution is -2.17. The van der Waals surface area contributed by atoms with Crippen molar-refractivity contribution in [2.75, 3.05) is 6.61 Å². The van der Waals surface area contributed by atoms with Crippen molar-refractivity contribution >= 4 is 0 Å². The molecule has 2 heteroatoms. The van der Waals surface area contributed by atoms with E-state index in [4.69, 9.17) is 5.11 Å². The summed E-state index contributed by atoms with van der Waals surface area (Å²) >= 11 is 0. The average Bonchev–Trinajstić information content (AvgIpc) is 2.47. The maximum atomic E-state index is 9.67. The molecule has 0 amide bonds. The molecular weight excluding hydrogens is 248 g/mol. The van der Waals surface area contributed by atoms with Crippen LogP contribution >= 0.6 is 0 Å². The van der Waals surface area contributed by atoms with Gasteiger partial charge in [0.2, 0.25) is 0 Å². The Morgan fingerprint density at radius 2 is 1.00 bits per heavy atom. The van der Waals surface area contributed by atoms with Crippen molar-refractivity contribution in [1.29, 1.82) is 0 Å². The van der Waals surface area contributed by atoms with Crippen molar-refractivity contribution in [2.24, 2.45) is 5.92 Å². The summed E-state index contributed by atoms with van der Waals surface area (Å²) in [4.78, 5) is 0. The zero-order valence-electron chi connectivity index (χ0n) is 13.4. The van der Waals surface area contributed by atoms with Crippen LogP contribution in [0.5, 0.6) is 0 Å². The van der Waals surface area contributed by atoms with E-state index in [1.165, 1.54) is 89.9 Å². The van der Waals surface area contributed by atoms with Gasteiger partial charge in [-0.2, -0.15) is 0 Å². The van der Waals surface area contributed by atoms with Gasteiger partial charge < -0.3 is 10.2 Å². The van der Waals surface area contributed by atoms with Crippen molar-refractivity contribution in [3.63, 3.8) is 0 Å². The lowest BCUT2D eigenvalue weighted by molar-refractivity contribution is 0.0705. The van der Waals surface area contributed by atoms with Gasteiger partial charge >= 0.3 is 0 Å². The molecule has 1 unspecified atom stereocenters. The zero-order chi connectivity index (χ0) is 14.5. The maximum absolute atomic E-state index is 9.67. The van der Waals surface area contributed by atoms with Crippen LogP contribution in [0, 0.1) is 5.92 Å². The Hall–Kier alpha value is -0.0800. The van der Waals surface area contributed by atoms with Crippen LogP contribution in [-0.2, 0) is 0 Å². The van der Waals surface area contributed by atoms with E-state index in [-0.39, 0.29) is 6.61 Å². The molecule has 0 bridgehead atoms. The third-order valence-corrected chi connectivity index (χ3v) is 4.79. The molecular formula is C18H36O2. The van der Waals surface area contributed by atoms with Gasteiger partial charge in [0.1, 0.15) is 0 Å². The van der Waals surface area contributed by atoms with Crippen LogP contribution in [0.1, 0.15) is 96.3 Å². The summed E-state index contributed by atoms with van der Waals surface area (Å²) in [6.07, 6.45) is 19.4. The minimum atomic E-state index is -0.498. The van der Waals surface area contributed by atoms with Crippen molar-refractivity contribution in [3.05, 3.63) is 0 Å². The average molecular weight is 284 g/mol. The lowest BCUT2D eigenvalue weighted by atomic mass is 9.90. The molecule has 120 valence electrons. The SMILES string of the molecule is OCC(O)CC1CCCCCCCCCCCCCC1. The minimum Gasteiger partial charge on any atom is -0.394 e. The highest BCUT2D eigenvalue weighted by Gasteiger charge is 2.13. The second-order valence-corrected chi connectivity index (χ2v) is 6.76. The molecule has 0 aliphatic heterocycles. The summed E-state index contributed by atoms with van der Waals surface area (Å²) in [6.45, 7) is -0.0729. The molecule has 1 fully saturated rings. The highest BCUT2D eigenvalue weighted by molar-refractivity contribution is 4.66. The number of aliphatic hydroxyl groups is 2. The van der Waals surface area contributed by atoms with Crippen LogP contribution in [0.4, 0.5) is 0 Å². The summed E-state index contributed by atoms with van der Waals surface area (Å²) in [7, 11) is 0. The Balaban J connectivity index is 2.28. The first kappa shape index (κ1) is 18.0. The van der Waals surface area contributed by atoms with Gasteiger partial charge in [-0.15, -0.1) is 0 Å². The number of hydrogen-bond donors (Lipinski definition) is 2. The second-order valence-electron chi connectivity index (χ2n) is 6.76. The quantitative estimate of drug-likeness (QED) is 0.780. The molecule has 1 aliphatic rings. The molecule has 20 heavy (non-hydrogen) atoms. The van der Waals surface area contributed by atoms with Gasteiger partial charge in [0.15, 0.2) is 0 Å². The highest BCUT2D eigenvalue weighted by Crippen LogP contribution is 2.24. The van der Waals surface area contributed by atoms with Crippen molar-refractivity contribution in [2.45, 2.75) is 102 Å². The maximum Gasteiger partial charge on any atom is 0.0773 e. The zero-order valence-corrected chi connectivity index (χ0v) is 13.4. The van der Waals surface area contributed by atoms with Crippen LogP contribution in [0.2, 0.25) is 0 Å². The normalized spacial score (nSPS) is 23.7. The molecule has 0 aromatic rings. The molecule has 0 saturated heterocycles. The number of aliphatic hydroxyl groups excluding tert-OH is 2. The Kier molecular flexibility index (Phi) is 11.4. The van der Waals surface area contributed by atoms with E-state index in [1.807, 2.05) is 0 Å². The van der Waals surface area contributed by atoms with Crippen molar-refractivity contribution < 1.29 is 10.2 Å². The van der Waals surface area contributed by atoms with Gasteiger partial charge in [-0.1, -0.05) is 89.9 Å². The monoisotopic (exact) mass is 284 g/mol. The van der Waals surface area contributed by atoms with Crippen LogP contribution in [0.15, 0.2) is 0 Å². The summed E-state index contributed by atoms with van der Waals surface area (Å²) in [5.41, 5.74) is 0. The van der Waals surface area contributed by atoms with Gasteiger partial charge in [0.05, 0.1) is 12.7 Å². The van der Waals surface area contributed by atoms with Crippen LogP contribution in [0.25, 0.3) is 0 Å². The summed E-state index contributed by atoms with van der Waals surface area (Å²) < 4.78 is 0. The molecule has 1 saturated carbocycles. The molecule has 2 nitrogen and oxygen atoms in total. The largest absolute Gasteiger partial charge is 0.394 e. The molecule has 0 aromatic heterocycles. The molecule has 1 aliphatic carbocycles. The Labute approximate surface area is 126 Å². The second kappa shape index (κ2) is 12.6. The molecule has 1 rings (SSSR count). The summed E-state index contributed by atoms with van der Waals surface area (Å²) in [5.74, 6) is 0.627. The van der Waals surface area contributed by atoms with Crippen molar-refractivity contribution in [1.82, 2.24) is 0 Å². The van der Waals surface area contributed by atoms with Crippen LogP contribution in [0.3, 0.4) is 0 Å². The number of rotatable bonds is 3. The van der Waals surface area contributed by atoms with E-state index in [9.17, 15) is 5.11 Å². The van der Waals surface area contributed by atoms with Gasteiger partial charge in [-0.05, 0) is 12.3 Å². The van der Waals surface area contributed by atoms with Crippen LogP contribution in [-0.4, -0.2) is 22.9 Å². The predicted molar refractivity (Wildman–Crippen MR) is 85.8 cm³/mol.